The molecule has 0 atom stereocenters. The van der Waals surface area contributed by atoms with Gasteiger partial charge in [-0.1, -0.05) is 96.1 Å². The van der Waals surface area contributed by atoms with E-state index in [1.165, 1.54) is 83.1 Å². The van der Waals surface area contributed by atoms with Gasteiger partial charge in [-0.05, 0) is 24.5 Å². The highest BCUT2D eigenvalue weighted by atomic mass is 16.3. The summed E-state index contributed by atoms with van der Waals surface area (Å²) < 4.78 is 0. The molecule has 1 aromatic carbocycles. The lowest BCUT2D eigenvalue weighted by atomic mass is 10.0. The van der Waals surface area contributed by atoms with Crippen LogP contribution in [0.1, 0.15) is 96.0 Å². The number of isocyanates is 1. The number of nitrogens with zero attached hydrogens (tertiary/aromatic N) is 1. The fourth-order valence-corrected chi connectivity index (χ4v) is 3.29. The number of aliphatic imine (C=N–C) groups is 1. The van der Waals surface area contributed by atoms with E-state index in [1.54, 1.807) is 12.1 Å². The SMILES string of the molecule is CCCCCCCCCCCCCCCc1cccc(O)c1N=C=O. The van der Waals surface area contributed by atoms with Crippen LogP contribution < -0.4 is 0 Å². The van der Waals surface area contributed by atoms with E-state index in [9.17, 15) is 9.90 Å². The Balaban J connectivity index is 2.01. The molecular weight excluding hydrogens is 310 g/mol. The van der Waals surface area contributed by atoms with Crippen LogP contribution in [0.3, 0.4) is 0 Å². The van der Waals surface area contributed by atoms with Gasteiger partial charge in [0.1, 0.15) is 11.4 Å². The molecule has 0 heterocycles. The first-order valence-electron chi connectivity index (χ1n) is 10.2. The van der Waals surface area contributed by atoms with E-state index in [0.717, 1.165) is 18.4 Å². The molecule has 0 aromatic heterocycles. The third kappa shape index (κ3) is 10.1. The van der Waals surface area contributed by atoms with Gasteiger partial charge in [-0.3, -0.25) is 0 Å². The molecule has 0 spiro atoms. The molecule has 25 heavy (non-hydrogen) atoms. The van der Waals surface area contributed by atoms with Crippen molar-refractivity contribution in [2.24, 2.45) is 4.99 Å². The van der Waals surface area contributed by atoms with Gasteiger partial charge in [0.25, 0.3) is 0 Å². The number of unbranched alkanes of at least 4 members (excludes halogenated alkanes) is 12. The summed E-state index contributed by atoms with van der Waals surface area (Å²) in [7, 11) is 0. The number of phenolic OH excluding ortho intramolecular Hbond substituents is 1. The Hall–Kier alpha value is -1.60. The van der Waals surface area contributed by atoms with Crippen molar-refractivity contribution in [3.63, 3.8) is 0 Å². The summed E-state index contributed by atoms with van der Waals surface area (Å²) in [5.74, 6) is 0.0653. The quantitative estimate of drug-likeness (QED) is 0.211. The summed E-state index contributed by atoms with van der Waals surface area (Å²) in [6, 6.07) is 5.29. The van der Waals surface area contributed by atoms with Gasteiger partial charge in [0.2, 0.25) is 6.08 Å². The minimum Gasteiger partial charge on any atom is -0.506 e. The molecule has 0 aliphatic rings. The number of benzene rings is 1. The molecule has 0 fully saturated rings. The van der Waals surface area contributed by atoms with Crippen LogP contribution in [0.25, 0.3) is 0 Å². The first-order valence-corrected chi connectivity index (χ1v) is 10.2. The van der Waals surface area contributed by atoms with Gasteiger partial charge in [0.15, 0.2) is 0 Å². The van der Waals surface area contributed by atoms with Gasteiger partial charge in [0, 0.05) is 0 Å². The van der Waals surface area contributed by atoms with E-state index < -0.39 is 0 Å². The molecule has 1 rings (SSSR count). The predicted octanol–water partition coefficient (Wildman–Crippen LogP) is 6.99. The number of aryl methyl sites for hydroxylation is 1. The first-order chi connectivity index (χ1) is 12.3. The molecule has 0 radical (unpaired) electrons. The Morgan fingerprint density at radius 2 is 1.36 bits per heavy atom. The zero-order valence-electron chi connectivity index (χ0n) is 15.9. The van der Waals surface area contributed by atoms with Crippen molar-refractivity contribution in [3.8, 4) is 5.75 Å². The molecule has 0 amide bonds. The molecule has 0 aliphatic heterocycles. The molecule has 0 saturated heterocycles. The van der Waals surface area contributed by atoms with Crippen LogP contribution in [0, 0.1) is 0 Å². The van der Waals surface area contributed by atoms with Crippen LogP contribution in [-0.2, 0) is 11.2 Å². The molecule has 1 N–H and O–H groups in total. The maximum Gasteiger partial charge on any atom is 0.240 e. The smallest absolute Gasteiger partial charge is 0.240 e. The number of hydrogen-bond acceptors (Lipinski definition) is 3. The lowest BCUT2D eigenvalue weighted by molar-refractivity contribution is 0.475. The van der Waals surface area contributed by atoms with Crippen molar-refractivity contribution < 1.29 is 9.90 Å². The predicted molar refractivity (Wildman–Crippen MR) is 105 cm³/mol. The maximum absolute atomic E-state index is 10.5. The van der Waals surface area contributed by atoms with E-state index in [4.69, 9.17) is 0 Å². The summed E-state index contributed by atoms with van der Waals surface area (Å²) in [6.45, 7) is 2.27. The normalized spacial score (nSPS) is 10.6. The number of aromatic hydroxyl groups is 1. The Kier molecular flexibility index (Phi) is 12.6. The lowest BCUT2D eigenvalue weighted by Gasteiger charge is -2.06. The zero-order chi connectivity index (χ0) is 18.2. The Morgan fingerprint density at radius 3 is 1.88 bits per heavy atom. The fraction of sp³-hybridized carbons (Fsp3) is 0.682. The fourth-order valence-electron chi connectivity index (χ4n) is 3.29. The second-order valence-electron chi connectivity index (χ2n) is 6.98. The van der Waals surface area contributed by atoms with E-state index in [1.807, 2.05) is 6.07 Å². The van der Waals surface area contributed by atoms with Crippen LogP contribution in [0.2, 0.25) is 0 Å². The molecule has 0 saturated carbocycles. The topological polar surface area (TPSA) is 49.7 Å². The molecule has 0 unspecified atom stereocenters. The summed E-state index contributed by atoms with van der Waals surface area (Å²) >= 11 is 0. The average molecular weight is 346 g/mol. The number of phenols is 1. The zero-order valence-corrected chi connectivity index (χ0v) is 15.9. The van der Waals surface area contributed by atoms with Crippen molar-refractivity contribution in [2.75, 3.05) is 0 Å². The van der Waals surface area contributed by atoms with Crippen molar-refractivity contribution in [3.05, 3.63) is 23.8 Å². The Labute approximate surface area is 153 Å². The molecular formula is C22H35NO2. The van der Waals surface area contributed by atoms with Gasteiger partial charge >= 0.3 is 0 Å². The largest absolute Gasteiger partial charge is 0.506 e. The Bertz CT molecular complexity index is 507. The molecule has 0 bridgehead atoms. The highest BCUT2D eigenvalue weighted by Crippen LogP contribution is 2.31. The van der Waals surface area contributed by atoms with Crippen molar-refractivity contribution in [2.45, 2.75) is 96.8 Å². The van der Waals surface area contributed by atoms with Crippen LogP contribution >= 0.6 is 0 Å². The highest BCUT2D eigenvalue weighted by Gasteiger charge is 2.06. The monoisotopic (exact) mass is 345 g/mol. The minimum absolute atomic E-state index is 0.0653. The number of rotatable bonds is 15. The second-order valence-corrected chi connectivity index (χ2v) is 6.98. The van der Waals surface area contributed by atoms with E-state index >= 15 is 0 Å². The van der Waals surface area contributed by atoms with Gasteiger partial charge < -0.3 is 5.11 Å². The van der Waals surface area contributed by atoms with Crippen molar-refractivity contribution >= 4 is 11.8 Å². The summed E-state index contributed by atoms with van der Waals surface area (Å²) in [4.78, 5) is 14.1. The van der Waals surface area contributed by atoms with Gasteiger partial charge in [-0.25, -0.2) is 4.79 Å². The van der Waals surface area contributed by atoms with Crippen LogP contribution in [0.5, 0.6) is 5.75 Å². The summed E-state index contributed by atoms with van der Waals surface area (Å²) in [5.41, 5.74) is 1.32. The third-order valence-electron chi connectivity index (χ3n) is 4.81. The summed E-state index contributed by atoms with van der Waals surface area (Å²) in [6.07, 6.45) is 19.7. The first kappa shape index (κ1) is 21.4. The van der Waals surface area contributed by atoms with Gasteiger partial charge in [-0.15, -0.1) is 0 Å². The van der Waals surface area contributed by atoms with Crippen molar-refractivity contribution in [1.29, 1.82) is 0 Å². The maximum atomic E-state index is 10.5. The number of carbonyl (C=O) groups excluding carboxylic acids is 1. The molecule has 3 nitrogen and oxygen atoms in total. The van der Waals surface area contributed by atoms with Gasteiger partial charge in [-0.2, -0.15) is 4.99 Å². The van der Waals surface area contributed by atoms with Crippen molar-refractivity contribution in [1.82, 2.24) is 0 Å². The van der Waals surface area contributed by atoms with E-state index in [2.05, 4.69) is 11.9 Å². The van der Waals surface area contributed by atoms with E-state index in [-0.39, 0.29) is 5.75 Å². The highest BCUT2D eigenvalue weighted by molar-refractivity contribution is 5.61. The molecule has 140 valence electrons. The van der Waals surface area contributed by atoms with Crippen LogP contribution in [0.15, 0.2) is 23.2 Å². The average Bonchev–Trinajstić information content (AvgIpc) is 2.61. The number of para-hydroxylation sites is 1. The standard InChI is InChI=1S/C22H35NO2/c1-2-3-4-5-6-7-8-9-10-11-12-13-14-16-20-17-15-18-21(25)22(20)23-19-24/h15,17-18,25H,2-14,16H2,1H3. The second kappa shape index (κ2) is 14.7. The minimum atomic E-state index is 0.0653. The molecule has 0 aliphatic carbocycles. The summed E-state index contributed by atoms with van der Waals surface area (Å²) in [5, 5.41) is 9.75. The lowest BCUT2D eigenvalue weighted by Crippen LogP contribution is -1.88. The van der Waals surface area contributed by atoms with Crippen LogP contribution in [0.4, 0.5) is 5.69 Å². The molecule has 1 aromatic rings. The van der Waals surface area contributed by atoms with Crippen LogP contribution in [-0.4, -0.2) is 11.2 Å². The van der Waals surface area contributed by atoms with E-state index in [0.29, 0.717) is 5.69 Å². The molecule has 3 heteroatoms. The third-order valence-corrected chi connectivity index (χ3v) is 4.81. The van der Waals surface area contributed by atoms with Gasteiger partial charge in [0.05, 0.1) is 0 Å². The number of hydrogen-bond donors (Lipinski definition) is 1. The Morgan fingerprint density at radius 1 is 0.840 bits per heavy atom.